The first-order valence-corrected chi connectivity index (χ1v) is 9.65. The monoisotopic (exact) mass is 408 g/mol. The summed E-state index contributed by atoms with van der Waals surface area (Å²) in [6.45, 7) is 0. The number of carbonyl (C=O) groups is 2. The van der Waals surface area contributed by atoms with Gasteiger partial charge in [0, 0.05) is 10.7 Å². The zero-order chi connectivity index (χ0) is 19.2. The highest BCUT2D eigenvalue weighted by atomic mass is 35.5. The average molecular weight is 409 g/mol. The van der Waals surface area contributed by atoms with E-state index in [1.807, 2.05) is 12.1 Å². The molecule has 4 N–H and O–H groups in total. The minimum absolute atomic E-state index is 0.0952. The lowest BCUT2D eigenvalue weighted by Crippen LogP contribution is -2.64. The van der Waals surface area contributed by atoms with Crippen molar-refractivity contribution in [3.05, 3.63) is 64.9 Å². The molecule has 2 aromatic carbocycles. The number of halogens is 2. The Morgan fingerprint density at radius 2 is 1.96 bits per heavy atom. The van der Waals surface area contributed by atoms with Gasteiger partial charge in [-0.15, -0.1) is 11.8 Å². The van der Waals surface area contributed by atoms with E-state index in [4.69, 9.17) is 11.6 Å². The molecule has 3 rings (SSSR count). The number of hydrazine groups is 1. The van der Waals surface area contributed by atoms with E-state index in [2.05, 4.69) is 21.5 Å². The zero-order valence-corrected chi connectivity index (χ0v) is 15.7. The first-order valence-electron chi connectivity index (χ1n) is 8.22. The molecule has 2 unspecified atom stereocenters. The van der Waals surface area contributed by atoms with Gasteiger partial charge in [-0.2, -0.15) is 0 Å². The van der Waals surface area contributed by atoms with Crippen LogP contribution >= 0.6 is 23.4 Å². The van der Waals surface area contributed by atoms with Gasteiger partial charge in [-0.05, 0) is 42.3 Å². The van der Waals surface area contributed by atoms with Gasteiger partial charge in [-0.3, -0.25) is 9.59 Å². The molecular formula is C18H18ClFN4O2S. The standard InChI is InChI=1S/C18H18ClFN4O2S/c19-12-6-4-11(5-7-12)8-15-17(26)22-18(24-23-15)27-10-16(25)21-14-3-1-2-13(20)9-14/h1-7,9,15,18,23-24H,8,10H2,(H,21,25)(H,22,26). The second kappa shape index (κ2) is 9.18. The van der Waals surface area contributed by atoms with Crippen LogP contribution < -0.4 is 21.5 Å². The molecule has 0 spiro atoms. The topological polar surface area (TPSA) is 82.3 Å². The number of carbonyl (C=O) groups excluding carboxylic acids is 2. The minimum atomic E-state index is -0.447. The molecule has 2 aromatic rings. The summed E-state index contributed by atoms with van der Waals surface area (Å²) in [5.74, 6) is -0.771. The summed E-state index contributed by atoms with van der Waals surface area (Å²) in [4.78, 5) is 24.2. The Morgan fingerprint density at radius 3 is 2.67 bits per heavy atom. The van der Waals surface area contributed by atoms with Crippen molar-refractivity contribution in [2.24, 2.45) is 0 Å². The predicted molar refractivity (Wildman–Crippen MR) is 105 cm³/mol. The first-order chi connectivity index (χ1) is 13.0. The predicted octanol–water partition coefficient (Wildman–Crippen LogP) is 2.27. The third-order valence-corrected chi connectivity index (χ3v) is 5.07. The van der Waals surface area contributed by atoms with Gasteiger partial charge in [-0.25, -0.2) is 15.2 Å². The molecule has 1 heterocycles. The number of thioether (sulfide) groups is 1. The maximum atomic E-state index is 13.1. The van der Waals surface area contributed by atoms with E-state index in [0.29, 0.717) is 17.1 Å². The summed E-state index contributed by atoms with van der Waals surface area (Å²) < 4.78 is 13.1. The van der Waals surface area contributed by atoms with E-state index in [0.717, 1.165) is 5.56 Å². The lowest BCUT2D eigenvalue weighted by atomic mass is 10.1. The number of amides is 2. The van der Waals surface area contributed by atoms with E-state index >= 15 is 0 Å². The quantitative estimate of drug-likeness (QED) is 0.589. The number of benzene rings is 2. The number of rotatable bonds is 6. The average Bonchev–Trinajstić information content (AvgIpc) is 2.64. The molecule has 0 radical (unpaired) electrons. The second-order valence-electron chi connectivity index (χ2n) is 5.93. The van der Waals surface area contributed by atoms with E-state index in [9.17, 15) is 14.0 Å². The molecule has 1 saturated heterocycles. The number of nitrogens with one attached hydrogen (secondary N) is 4. The molecule has 6 nitrogen and oxygen atoms in total. The molecule has 1 aliphatic rings. The van der Waals surface area contributed by atoms with Crippen molar-refractivity contribution in [2.45, 2.75) is 18.0 Å². The third kappa shape index (κ3) is 5.93. The minimum Gasteiger partial charge on any atom is -0.329 e. The van der Waals surface area contributed by atoms with Gasteiger partial charge in [0.1, 0.15) is 17.4 Å². The van der Waals surface area contributed by atoms with E-state index < -0.39 is 17.4 Å². The molecule has 2 amide bonds. The Kier molecular flexibility index (Phi) is 6.68. The van der Waals surface area contributed by atoms with Crippen LogP contribution in [-0.2, 0) is 16.0 Å². The van der Waals surface area contributed by atoms with Crippen LogP contribution in [-0.4, -0.2) is 29.1 Å². The maximum absolute atomic E-state index is 13.1. The van der Waals surface area contributed by atoms with Crippen LogP contribution in [0, 0.1) is 5.82 Å². The van der Waals surface area contributed by atoms with Crippen LogP contribution in [0.4, 0.5) is 10.1 Å². The molecule has 2 atom stereocenters. The molecule has 0 aromatic heterocycles. The number of hydrogen-bond acceptors (Lipinski definition) is 5. The van der Waals surface area contributed by atoms with Gasteiger partial charge < -0.3 is 10.6 Å². The van der Waals surface area contributed by atoms with Crippen molar-refractivity contribution in [2.75, 3.05) is 11.1 Å². The molecule has 1 aliphatic heterocycles. The molecule has 9 heteroatoms. The van der Waals surface area contributed by atoms with E-state index in [-0.39, 0.29) is 17.6 Å². The van der Waals surface area contributed by atoms with Gasteiger partial charge in [0.05, 0.1) is 5.75 Å². The van der Waals surface area contributed by atoms with Crippen molar-refractivity contribution < 1.29 is 14.0 Å². The fourth-order valence-corrected chi connectivity index (χ4v) is 3.38. The van der Waals surface area contributed by atoms with E-state index in [1.165, 1.54) is 30.0 Å². The second-order valence-corrected chi connectivity index (χ2v) is 7.46. The Morgan fingerprint density at radius 1 is 1.19 bits per heavy atom. The largest absolute Gasteiger partial charge is 0.329 e. The van der Waals surface area contributed by atoms with Crippen LogP contribution in [0.2, 0.25) is 5.02 Å². The zero-order valence-electron chi connectivity index (χ0n) is 14.2. The highest BCUT2D eigenvalue weighted by Gasteiger charge is 2.27. The molecule has 0 bridgehead atoms. The van der Waals surface area contributed by atoms with Gasteiger partial charge in [-0.1, -0.05) is 29.8 Å². The summed E-state index contributed by atoms with van der Waals surface area (Å²) in [5, 5.41) is 6.06. The van der Waals surface area contributed by atoms with Gasteiger partial charge >= 0.3 is 0 Å². The number of anilines is 1. The Hall–Kier alpha value is -2.13. The molecule has 27 heavy (non-hydrogen) atoms. The van der Waals surface area contributed by atoms with Crippen molar-refractivity contribution in [3.8, 4) is 0 Å². The molecular weight excluding hydrogens is 391 g/mol. The summed E-state index contributed by atoms with van der Waals surface area (Å²) in [7, 11) is 0. The lowest BCUT2D eigenvalue weighted by Gasteiger charge is -2.31. The highest BCUT2D eigenvalue weighted by molar-refractivity contribution is 8.00. The Bertz CT molecular complexity index is 821. The van der Waals surface area contributed by atoms with Crippen LogP contribution in [0.15, 0.2) is 48.5 Å². The van der Waals surface area contributed by atoms with Crippen LogP contribution in [0.5, 0.6) is 0 Å². The Balaban J connectivity index is 1.43. The van der Waals surface area contributed by atoms with Crippen LogP contribution in [0.3, 0.4) is 0 Å². The van der Waals surface area contributed by atoms with Crippen molar-refractivity contribution in [1.29, 1.82) is 0 Å². The smallest absolute Gasteiger partial charge is 0.240 e. The maximum Gasteiger partial charge on any atom is 0.240 e. The van der Waals surface area contributed by atoms with Crippen molar-refractivity contribution in [1.82, 2.24) is 16.2 Å². The first kappa shape index (κ1) is 19.6. The van der Waals surface area contributed by atoms with Crippen LogP contribution in [0.25, 0.3) is 0 Å². The van der Waals surface area contributed by atoms with Gasteiger partial charge in [0.15, 0.2) is 0 Å². The van der Waals surface area contributed by atoms with Crippen molar-refractivity contribution in [3.63, 3.8) is 0 Å². The fourth-order valence-electron chi connectivity index (χ4n) is 2.51. The molecule has 1 fully saturated rings. The third-order valence-electron chi connectivity index (χ3n) is 3.82. The summed E-state index contributed by atoms with van der Waals surface area (Å²) in [5.41, 5.74) is 6.87. The van der Waals surface area contributed by atoms with Crippen molar-refractivity contribution >= 4 is 40.9 Å². The van der Waals surface area contributed by atoms with Gasteiger partial charge in [0.2, 0.25) is 11.8 Å². The van der Waals surface area contributed by atoms with E-state index in [1.54, 1.807) is 18.2 Å². The lowest BCUT2D eigenvalue weighted by molar-refractivity contribution is -0.125. The van der Waals surface area contributed by atoms with Crippen LogP contribution in [0.1, 0.15) is 5.56 Å². The molecule has 142 valence electrons. The SMILES string of the molecule is O=C(CSC1NNC(Cc2ccc(Cl)cc2)C(=O)N1)Nc1cccc(F)c1. The highest BCUT2D eigenvalue weighted by Crippen LogP contribution is 2.14. The fraction of sp³-hybridized carbons (Fsp3) is 0.222. The molecule has 0 aliphatic carbocycles. The van der Waals surface area contributed by atoms with Gasteiger partial charge in [0.25, 0.3) is 0 Å². The molecule has 0 saturated carbocycles. The summed E-state index contributed by atoms with van der Waals surface area (Å²) in [6.07, 6.45) is 0.507. The normalized spacial score (nSPS) is 19.4. The number of hydrogen-bond donors (Lipinski definition) is 4. The summed E-state index contributed by atoms with van der Waals surface area (Å²) in [6, 6.07) is 12.5. The Labute approximate surface area is 165 Å². The summed E-state index contributed by atoms with van der Waals surface area (Å²) >= 11 is 7.07.